The van der Waals surface area contributed by atoms with E-state index in [9.17, 15) is 0 Å². The molecule has 0 unspecified atom stereocenters. The maximum atomic E-state index is 2.30. The van der Waals surface area contributed by atoms with Crippen LogP contribution >= 0.6 is 0 Å². The van der Waals surface area contributed by atoms with Gasteiger partial charge < -0.3 is 0 Å². The van der Waals surface area contributed by atoms with Crippen molar-refractivity contribution >= 4 is 12.2 Å². The largest absolute Gasteiger partial charge is 0.0917 e. The fraction of sp³-hybridized carbons (Fsp3) is 0.214. The van der Waals surface area contributed by atoms with Gasteiger partial charge in [0.15, 0.2) is 0 Å². The molecule has 0 saturated heterocycles. The lowest BCUT2D eigenvalue weighted by atomic mass is 9.93. The second kappa shape index (κ2) is 10.5. The zero-order valence-corrected chi connectivity index (χ0v) is 17.0. The van der Waals surface area contributed by atoms with Gasteiger partial charge in [-0.25, -0.2) is 0 Å². The van der Waals surface area contributed by atoms with Crippen LogP contribution < -0.4 is 0 Å². The van der Waals surface area contributed by atoms with E-state index in [2.05, 4.69) is 117 Å². The minimum atomic E-state index is 0.536. The van der Waals surface area contributed by atoms with Gasteiger partial charge in [0.2, 0.25) is 0 Å². The van der Waals surface area contributed by atoms with Gasteiger partial charge in [-0.3, -0.25) is 0 Å². The summed E-state index contributed by atoms with van der Waals surface area (Å²) < 4.78 is 0. The molecule has 0 aromatic heterocycles. The lowest BCUT2D eigenvalue weighted by Gasteiger charge is -2.12. The van der Waals surface area contributed by atoms with E-state index in [4.69, 9.17) is 0 Å². The summed E-state index contributed by atoms with van der Waals surface area (Å²) in [5, 5.41) is 0. The van der Waals surface area contributed by atoms with Crippen molar-refractivity contribution in [1.82, 2.24) is 0 Å². The number of hydrogen-bond donors (Lipinski definition) is 0. The van der Waals surface area contributed by atoms with Gasteiger partial charge in [0, 0.05) is 0 Å². The molecule has 0 nitrogen and oxygen atoms in total. The van der Waals surface area contributed by atoms with E-state index in [0.29, 0.717) is 5.92 Å². The van der Waals surface area contributed by atoms with Crippen molar-refractivity contribution in [2.75, 3.05) is 0 Å². The van der Waals surface area contributed by atoms with Crippen LogP contribution in [0.1, 0.15) is 54.0 Å². The average molecular weight is 367 g/mol. The zero-order chi connectivity index (χ0) is 19.6. The molecule has 0 N–H and O–H groups in total. The van der Waals surface area contributed by atoms with Crippen molar-refractivity contribution in [1.29, 1.82) is 0 Å². The van der Waals surface area contributed by atoms with E-state index in [1.54, 1.807) is 0 Å². The molecule has 3 aromatic rings. The molecule has 142 valence electrons. The summed E-state index contributed by atoms with van der Waals surface area (Å²) in [5.41, 5.74) is 6.68. The van der Waals surface area contributed by atoms with E-state index in [1.165, 1.54) is 27.8 Å². The lowest BCUT2D eigenvalue weighted by Crippen LogP contribution is -1.98. The Balaban J connectivity index is 1.56. The Morgan fingerprint density at radius 2 is 1.29 bits per heavy atom. The number of rotatable bonds is 8. The van der Waals surface area contributed by atoms with Crippen LogP contribution in [-0.2, 0) is 12.8 Å². The Morgan fingerprint density at radius 3 is 1.86 bits per heavy atom. The van der Waals surface area contributed by atoms with Crippen LogP contribution in [0.15, 0.2) is 91.0 Å². The molecule has 3 aromatic carbocycles. The van der Waals surface area contributed by atoms with Gasteiger partial charge in [0.25, 0.3) is 0 Å². The Morgan fingerprint density at radius 1 is 0.714 bits per heavy atom. The quantitative estimate of drug-likeness (QED) is 0.283. The third-order valence-corrected chi connectivity index (χ3v) is 5.17. The van der Waals surface area contributed by atoms with E-state index in [0.717, 1.165) is 19.3 Å². The highest BCUT2D eigenvalue weighted by Gasteiger charge is 2.05. The predicted octanol–water partition coefficient (Wildman–Crippen LogP) is 7.71. The first-order valence-corrected chi connectivity index (χ1v) is 10.3. The third-order valence-electron chi connectivity index (χ3n) is 5.17. The molecular weight excluding hydrogens is 336 g/mol. The minimum absolute atomic E-state index is 0.536. The third kappa shape index (κ3) is 6.09. The normalized spacial score (nSPS) is 12.6. The molecule has 0 spiro atoms. The Labute approximate surface area is 170 Å². The van der Waals surface area contributed by atoms with Gasteiger partial charge in [-0.15, -0.1) is 0 Å². The van der Waals surface area contributed by atoms with Crippen molar-refractivity contribution in [2.45, 2.75) is 39.0 Å². The maximum Gasteiger partial charge on any atom is -0.0150 e. The monoisotopic (exact) mass is 366 g/mol. The van der Waals surface area contributed by atoms with Crippen LogP contribution in [0.3, 0.4) is 0 Å². The van der Waals surface area contributed by atoms with Gasteiger partial charge in [-0.1, -0.05) is 110 Å². The highest BCUT2D eigenvalue weighted by Crippen LogP contribution is 2.21. The summed E-state index contributed by atoms with van der Waals surface area (Å²) in [7, 11) is 0. The molecular formula is C28H30. The molecule has 0 aliphatic carbocycles. The topological polar surface area (TPSA) is 0 Å². The molecule has 0 aliphatic heterocycles. The highest BCUT2D eigenvalue weighted by atomic mass is 14.1. The predicted molar refractivity (Wildman–Crippen MR) is 124 cm³/mol. The number of aryl methyl sites for hydroxylation is 1. The first-order chi connectivity index (χ1) is 13.7. The van der Waals surface area contributed by atoms with Crippen LogP contribution in [0.4, 0.5) is 0 Å². The first-order valence-electron chi connectivity index (χ1n) is 10.3. The minimum Gasteiger partial charge on any atom is -0.0917 e. The fourth-order valence-corrected chi connectivity index (χ4v) is 3.42. The Kier molecular flexibility index (Phi) is 7.44. The van der Waals surface area contributed by atoms with Crippen LogP contribution in [0.25, 0.3) is 12.2 Å². The molecule has 0 fully saturated rings. The Bertz CT molecular complexity index is 881. The highest BCUT2D eigenvalue weighted by molar-refractivity contribution is 5.69. The molecule has 0 heteroatoms. The number of allylic oxidation sites excluding steroid dienone is 2. The van der Waals surface area contributed by atoms with Crippen molar-refractivity contribution in [3.8, 4) is 0 Å². The van der Waals surface area contributed by atoms with Gasteiger partial charge in [-0.05, 0) is 59.9 Å². The van der Waals surface area contributed by atoms with Gasteiger partial charge in [0.1, 0.15) is 0 Å². The smallest absolute Gasteiger partial charge is 0.0150 e. The van der Waals surface area contributed by atoms with Gasteiger partial charge in [0.05, 0.1) is 0 Å². The second-order valence-electron chi connectivity index (χ2n) is 7.44. The summed E-state index contributed by atoms with van der Waals surface area (Å²) in [5.74, 6) is 0.536. The van der Waals surface area contributed by atoms with Crippen LogP contribution in [0.2, 0.25) is 0 Å². The Hall–Kier alpha value is -2.86. The van der Waals surface area contributed by atoms with Crippen molar-refractivity contribution in [3.63, 3.8) is 0 Å². The van der Waals surface area contributed by atoms with Gasteiger partial charge >= 0.3 is 0 Å². The number of benzene rings is 3. The summed E-state index contributed by atoms with van der Waals surface area (Å²) in [6, 6.07) is 28.6. The van der Waals surface area contributed by atoms with Crippen molar-refractivity contribution in [2.24, 2.45) is 0 Å². The average Bonchev–Trinajstić information content (AvgIpc) is 2.75. The van der Waals surface area contributed by atoms with Crippen molar-refractivity contribution < 1.29 is 0 Å². The standard InChI is InChI=1S/C28H30/c1-3-4-6-9-24-12-14-25(15-13-24)16-17-26-18-20-27(21-19-26)22-23(2)28-10-7-5-8-11-28/h3-5,7-8,10-21,23H,6,9,22H2,1-2H3/b4-3+,17-16?/t23-/m0/s1. The molecule has 0 radical (unpaired) electrons. The SMILES string of the molecule is C/C=C/CCc1ccc(C=Cc2ccc(C[C@H](C)c3ccccc3)cc2)cc1. The summed E-state index contributed by atoms with van der Waals surface area (Å²) in [6.45, 7) is 4.37. The van der Waals surface area contributed by atoms with E-state index >= 15 is 0 Å². The zero-order valence-electron chi connectivity index (χ0n) is 17.0. The van der Waals surface area contributed by atoms with E-state index < -0.39 is 0 Å². The van der Waals surface area contributed by atoms with Gasteiger partial charge in [-0.2, -0.15) is 0 Å². The first kappa shape index (κ1) is 19.9. The molecule has 0 amide bonds. The molecule has 0 heterocycles. The van der Waals surface area contributed by atoms with E-state index in [1.807, 2.05) is 0 Å². The number of hydrogen-bond acceptors (Lipinski definition) is 0. The maximum absolute atomic E-state index is 2.30. The van der Waals surface area contributed by atoms with Crippen LogP contribution in [-0.4, -0.2) is 0 Å². The molecule has 3 rings (SSSR count). The lowest BCUT2D eigenvalue weighted by molar-refractivity contribution is 0.759. The van der Waals surface area contributed by atoms with Crippen molar-refractivity contribution in [3.05, 3.63) is 119 Å². The summed E-state index contributed by atoms with van der Waals surface area (Å²) >= 11 is 0. The molecule has 1 atom stereocenters. The molecule has 0 aliphatic rings. The van der Waals surface area contributed by atoms with Crippen LogP contribution in [0, 0.1) is 0 Å². The van der Waals surface area contributed by atoms with E-state index in [-0.39, 0.29) is 0 Å². The summed E-state index contributed by atoms with van der Waals surface area (Å²) in [4.78, 5) is 0. The second-order valence-corrected chi connectivity index (χ2v) is 7.44. The summed E-state index contributed by atoms with van der Waals surface area (Å²) in [6.07, 6.45) is 12.0. The molecule has 0 bridgehead atoms. The fourth-order valence-electron chi connectivity index (χ4n) is 3.42. The molecule has 0 saturated carbocycles. The molecule has 28 heavy (non-hydrogen) atoms. The van der Waals surface area contributed by atoms with Crippen LogP contribution in [0.5, 0.6) is 0 Å².